The van der Waals surface area contributed by atoms with Crippen LogP contribution in [0, 0.1) is 6.92 Å². The predicted octanol–water partition coefficient (Wildman–Crippen LogP) is 2.45. The predicted molar refractivity (Wildman–Crippen MR) is 73.3 cm³/mol. The molecule has 0 amide bonds. The number of thiazole rings is 1. The first-order valence-corrected chi connectivity index (χ1v) is 7.04. The van der Waals surface area contributed by atoms with E-state index in [1.54, 1.807) is 11.3 Å². The molecule has 2 aromatic rings. The van der Waals surface area contributed by atoms with E-state index in [1.165, 1.54) is 0 Å². The number of hydrogen-bond acceptors (Lipinski definition) is 4. The Morgan fingerprint density at radius 2 is 2.35 bits per heavy atom. The minimum absolute atomic E-state index is 0.224. The van der Waals surface area contributed by atoms with Gasteiger partial charge >= 0.3 is 0 Å². The quantitative estimate of drug-likeness (QED) is 0.942. The van der Waals surface area contributed by atoms with Crippen LogP contribution in [0.15, 0.2) is 16.0 Å². The van der Waals surface area contributed by atoms with Crippen LogP contribution in [0.25, 0.3) is 0 Å². The van der Waals surface area contributed by atoms with Gasteiger partial charge < -0.3 is 5.32 Å². The van der Waals surface area contributed by atoms with E-state index in [2.05, 4.69) is 36.7 Å². The highest BCUT2D eigenvalue weighted by Crippen LogP contribution is 2.26. The van der Waals surface area contributed by atoms with Crippen LogP contribution in [0.3, 0.4) is 0 Å². The van der Waals surface area contributed by atoms with Crippen LogP contribution in [0.1, 0.15) is 22.4 Å². The Morgan fingerprint density at radius 1 is 1.59 bits per heavy atom. The Balaban J connectivity index is 2.22. The fourth-order valence-electron chi connectivity index (χ4n) is 1.82. The smallest absolute Gasteiger partial charge is 0.0947 e. The number of halogens is 1. The zero-order valence-electron chi connectivity index (χ0n) is 10.1. The second kappa shape index (κ2) is 5.29. The molecule has 0 fully saturated rings. The largest absolute Gasteiger partial charge is 0.311 e. The molecule has 0 spiro atoms. The highest BCUT2D eigenvalue weighted by atomic mass is 79.9. The molecule has 0 saturated carbocycles. The maximum atomic E-state index is 4.50. The molecule has 0 saturated heterocycles. The van der Waals surface area contributed by atoms with E-state index >= 15 is 0 Å². The molecule has 0 aliphatic carbocycles. The number of aromatic nitrogens is 3. The van der Waals surface area contributed by atoms with Crippen molar-refractivity contribution in [2.75, 3.05) is 7.05 Å². The lowest BCUT2D eigenvalue weighted by Gasteiger charge is -2.15. The van der Waals surface area contributed by atoms with Gasteiger partial charge in [-0.15, -0.1) is 11.3 Å². The summed E-state index contributed by atoms with van der Waals surface area (Å²) in [6.07, 6.45) is 2.71. The number of aryl methyl sites for hydroxylation is 2. The third-order valence-electron chi connectivity index (χ3n) is 2.66. The molecule has 2 aromatic heterocycles. The summed E-state index contributed by atoms with van der Waals surface area (Å²) < 4.78 is 2.93. The molecule has 2 rings (SSSR count). The van der Waals surface area contributed by atoms with Crippen molar-refractivity contribution in [3.05, 3.63) is 32.4 Å². The van der Waals surface area contributed by atoms with Gasteiger partial charge in [0.05, 0.1) is 27.4 Å². The molecule has 0 radical (unpaired) electrons. The molecule has 1 N–H and O–H groups in total. The average molecular weight is 315 g/mol. The summed E-state index contributed by atoms with van der Waals surface area (Å²) in [6.45, 7) is 2.02. The molecule has 0 bridgehead atoms. The zero-order valence-corrected chi connectivity index (χ0v) is 12.5. The van der Waals surface area contributed by atoms with Crippen molar-refractivity contribution in [3.8, 4) is 0 Å². The SMILES string of the molecule is CNC(Cc1nc(C)cs1)c1c(Br)cnn1C. The zero-order chi connectivity index (χ0) is 12.4. The van der Waals surface area contributed by atoms with E-state index < -0.39 is 0 Å². The summed E-state index contributed by atoms with van der Waals surface area (Å²) in [5.74, 6) is 0. The van der Waals surface area contributed by atoms with Gasteiger partial charge in [0.1, 0.15) is 0 Å². The molecule has 0 aromatic carbocycles. The van der Waals surface area contributed by atoms with E-state index in [-0.39, 0.29) is 6.04 Å². The lowest BCUT2D eigenvalue weighted by Crippen LogP contribution is -2.22. The molecule has 0 aliphatic rings. The molecule has 1 unspecified atom stereocenters. The molecule has 0 aliphatic heterocycles. The highest BCUT2D eigenvalue weighted by Gasteiger charge is 2.18. The van der Waals surface area contributed by atoms with Crippen molar-refractivity contribution in [2.24, 2.45) is 7.05 Å². The van der Waals surface area contributed by atoms with Crippen molar-refractivity contribution in [1.29, 1.82) is 0 Å². The summed E-state index contributed by atoms with van der Waals surface area (Å²) in [4.78, 5) is 4.50. The van der Waals surface area contributed by atoms with Crippen LogP contribution < -0.4 is 5.32 Å². The van der Waals surface area contributed by atoms with Crippen molar-refractivity contribution >= 4 is 27.3 Å². The van der Waals surface area contributed by atoms with Gasteiger partial charge in [-0.25, -0.2) is 4.98 Å². The third-order valence-corrected chi connectivity index (χ3v) is 4.26. The van der Waals surface area contributed by atoms with E-state index in [1.807, 2.05) is 31.9 Å². The second-order valence-corrected chi connectivity index (χ2v) is 5.73. The topological polar surface area (TPSA) is 42.7 Å². The average Bonchev–Trinajstić information content (AvgIpc) is 2.84. The number of nitrogens with one attached hydrogen (secondary N) is 1. The molecule has 92 valence electrons. The number of nitrogens with zero attached hydrogens (tertiary/aromatic N) is 3. The summed E-state index contributed by atoms with van der Waals surface area (Å²) in [5.41, 5.74) is 2.24. The van der Waals surface area contributed by atoms with Crippen LogP contribution in [0.4, 0.5) is 0 Å². The molecule has 6 heteroatoms. The molecule has 17 heavy (non-hydrogen) atoms. The maximum Gasteiger partial charge on any atom is 0.0947 e. The van der Waals surface area contributed by atoms with Crippen molar-refractivity contribution in [1.82, 2.24) is 20.1 Å². The summed E-state index contributed by atoms with van der Waals surface area (Å²) >= 11 is 5.24. The third kappa shape index (κ3) is 2.75. The number of rotatable bonds is 4. The lowest BCUT2D eigenvalue weighted by molar-refractivity contribution is 0.534. The Kier molecular flexibility index (Phi) is 3.96. The van der Waals surface area contributed by atoms with E-state index in [9.17, 15) is 0 Å². The van der Waals surface area contributed by atoms with Gasteiger partial charge in [-0.1, -0.05) is 0 Å². The van der Waals surface area contributed by atoms with Crippen LogP contribution >= 0.6 is 27.3 Å². The van der Waals surface area contributed by atoms with Crippen LogP contribution in [-0.4, -0.2) is 21.8 Å². The minimum Gasteiger partial charge on any atom is -0.311 e. The summed E-state index contributed by atoms with van der Waals surface area (Å²) in [7, 11) is 3.92. The second-order valence-electron chi connectivity index (χ2n) is 3.93. The molecular weight excluding hydrogens is 300 g/mol. The fourth-order valence-corrected chi connectivity index (χ4v) is 3.26. The van der Waals surface area contributed by atoms with E-state index in [4.69, 9.17) is 0 Å². The summed E-state index contributed by atoms with van der Waals surface area (Å²) in [5, 5.41) is 10.8. The van der Waals surface area contributed by atoms with Crippen molar-refractivity contribution in [2.45, 2.75) is 19.4 Å². The Bertz CT molecular complexity index is 486. The molecular formula is C11H15BrN4S. The van der Waals surface area contributed by atoms with Gasteiger partial charge in [-0.05, 0) is 29.9 Å². The number of likely N-dealkylation sites (N-methyl/N-ethyl adjacent to an activating group) is 1. The fraction of sp³-hybridized carbons (Fsp3) is 0.455. The minimum atomic E-state index is 0.224. The van der Waals surface area contributed by atoms with Gasteiger partial charge in [-0.3, -0.25) is 4.68 Å². The van der Waals surface area contributed by atoms with Gasteiger partial charge in [0.25, 0.3) is 0 Å². The Morgan fingerprint density at radius 3 is 2.82 bits per heavy atom. The van der Waals surface area contributed by atoms with Gasteiger partial charge in [0.15, 0.2) is 0 Å². The standard InChI is InChI=1S/C11H15BrN4S/c1-7-6-17-10(15-7)4-9(13-2)11-8(12)5-14-16(11)3/h5-6,9,13H,4H2,1-3H3. The van der Waals surface area contributed by atoms with Crippen LogP contribution in [0.5, 0.6) is 0 Å². The first-order chi connectivity index (χ1) is 8.11. The number of hydrogen-bond donors (Lipinski definition) is 1. The Labute approximate surface area is 113 Å². The highest BCUT2D eigenvalue weighted by molar-refractivity contribution is 9.10. The molecule has 2 heterocycles. The van der Waals surface area contributed by atoms with Crippen LogP contribution in [0.2, 0.25) is 0 Å². The maximum absolute atomic E-state index is 4.50. The van der Waals surface area contributed by atoms with E-state index in [0.717, 1.165) is 27.3 Å². The van der Waals surface area contributed by atoms with E-state index in [0.29, 0.717) is 0 Å². The Hall–Kier alpha value is -0.720. The molecule has 4 nitrogen and oxygen atoms in total. The van der Waals surface area contributed by atoms with Crippen molar-refractivity contribution in [3.63, 3.8) is 0 Å². The van der Waals surface area contributed by atoms with Gasteiger partial charge in [0.2, 0.25) is 0 Å². The molecule has 1 atom stereocenters. The van der Waals surface area contributed by atoms with Gasteiger partial charge in [0, 0.05) is 24.5 Å². The normalized spacial score (nSPS) is 12.9. The first-order valence-electron chi connectivity index (χ1n) is 5.37. The van der Waals surface area contributed by atoms with Crippen LogP contribution in [-0.2, 0) is 13.5 Å². The summed E-state index contributed by atoms with van der Waals surface area (Å²) in [6, 6.07) is 0.224. The first kappa shape index (κ1) is 12.7. The monoisotopic (exact) mass is 314 g/mol. The van der Waals surface area contributed by atoms with Gasteiger partial charge in [-0.2, -0.15) is 5.10 Å². The lowest BCUT2D eigenvalue weighted by atomic mass is 10.1. The van der Waals surface area contributed by atoms with Crippen molar-refractivity contribution < 1.29 is 0 Å².